The fourth-order valence-corrected chi connectivity index (χ4v) is 5.50. The smallest absolute Gasteiger partial charge is 0.250 e. The van der Waals surface area contributed by atoms with Gasteiger partial charge in [-0.2, -0.15) is 0 Å². The average Bonchev–Trinajstić information content (AvgIpc) is 3.16. The lowest BCUT2D eigenvalue weighted by molar-refractivity contribution is -0.139. The van der Waals surface area contributed by atoms with Crippen LogP contribution in [-0.4, -0.2) is 59.4 Å². The number of hydrogen-bond acceptors (Lipinski definition) is 4. The lowest BCUT2D eigenvalue weighted by Gasteiger charge is -2.43. The molecule has 37 heavy (non-hydrogen) atoms. The fourth-order valence-electron chi connectivity index (χ4n) is 5.50. The first kappa shape index (κ1) is 26.7. The zero-order chi connectivity index (χ0) is 26.3. The summed E-state index contributed by atoms with van der Waals surface area (Å²) in [6, 6.07) is 17.6. The van der Waals surface area contributed by atoms with Crippen molar-refractivity contribution in [2.75, 3.05) is 36.5 Å². The van der Waals surface area contributed by atoms with Gasteiger partial charge in [0.2, 0.25) is 11.8 Å². The van der Waals surface area contributed by atoms with Crippen molar-refractivity contribution in [2.45, 2.75) is 70.8 Å². The Morgan fingerprint density at radius 1 is 0.919 bits per heavy atom. The first-order valence-electron chi connectivity index (χ1n) is 13.7. The van der Waals surface area contributed by atoms with E-state index in [1.165, 1.54) is 19.3 Å². The first-order chi connectivity index (χ1) is 17.9. The second-order valence-electron chi connectivity index (χ2n) is 10.4. The number of rotatable bonds is 10. The van der Waals surface area contributed by atoms with Crippen molar-refractivity contribution in [1.29, 1.82) is 0 Å². The summed E-state index contributed by atoms with van der Waals surface area (Å²) in [6.07, 6.45) is 7.34. The van der Waals surface area contributed by atoms with Crippen LogP contribution in [0.5, 0.6) is 0 Å². The molecule has 198 valence electrons. The Kier molecular flexibility index (Phi) is 8.85. The Balaban J connectivity index is 1.42. The molecule has 2 aliphatic heterocycles. The quantitative estimate of drug-likeness (QED) is 0.464. The number of amides is 3. The summed E-state index contributed by atoms with van der Waals surface area (Å²) in [7, 11) is 0. The van der Waals surface area contributed by atoms with E-state index >= 15 is 0 Å². The van der Waals surface area contributed by atoms with E-state index in [1.807, 2.05) is 66.4 Å². The van der Waals surface area contributed by atoms with Crippen LogP contribution in [0.1, 0.15) is 63.9 Å². The minimum absolute atomic E-state index is 0.00179. The third-order valence-electron chi connectivity index (χ3n) is 7.69. The van der Waals surface area contributed by atoms with E-state index in [9.17, 15) is 14.4 Å². The minimum atomic E-state index is -0.733. The van der Waals surface area contributed by atoms with Crippen LogP contribution in [0.2, 0.25) is 0 Å². The molecule has 2 fully saturated rings. The molecule has 0 aromatic heterocycles. The molecule has 2 aliphatic rings. The number of benzene rings is 2. The van der Waals surface area contributed by atoms with Gasteiger partial charge >= 0.3 is 0 Å². The summed E-state index contributed by atoms with van der Waals surface area (Å²) in [5, 5.41) is 2.91. The van der Waals surface area contributed by atoms with Crippen LogP contribution in [0.4, 0.5) is 11.4 Å². The molecular weight excluding hydrogens is 464 g/mol. The first-order valence-corrected chi connectivity index (χ1v) is 13.7. The molecular formula is C30H40N4O3. The molecule has 0 saturated carbocycles. The summed E-state index contributed by atoms with van der Waals surface area (Å²) in [6.45, 7) is 5.67. The van der Waals surface area contributed by atoms with Crippen molar-refractivity contribution in [3.05, 3.63) is 60.2 Å². The molecule has 0 atom stereocenters. The molecule has 2 aromatic rings. The minimum Gasteiger partial charge on any atom is -0.342 e. The third-order valence-corrected chi connectivity index (χ3v) is 7.69. The maximum absolute atomic E-state index is 13.8. The third kappa shape index (κ3) is 6.32. The summed E-state index contributed by atoms with van der Waals surface area (Å²) in [5.41, 5.74) is 2.07. The van der Waals surface area contributed by atoms with Crippen LogP contribution < -0.4 is 10.2 Å². The highest BCUT2D eigenvalue weighted by molar-refractivity contribution is 5.99. The number of nitrogens with zero attached hydrogens (tertiary/aromatic N) is 3. The Labute approximate surface area is 220 Å². The van der Waals surface area contributed by atoms with Crippen LogP contribution in [0.25, 0.3) is 0 Å². The molecule has 3 amide bonds. The molecule has 7 nitrogen and oxygen atoms in total. The Morgan fingerprint density at radius 2 is 1.59 bits per heavy atom. The lowest BCUT2D eigenvalue weighted by atomic mass is 9.85. The maximum atomic E-state index is 13.8. The fraction of sp³-hybridized carbons (Fsp3) is 0.500. The SMILES string of the molecule is CCCCCCCC(=O)N1CCC2(CC1)C(=O)N(CC(=O)Nc1ccc(C)cc1)CN2c1ccccc1. The van der Waals surface area contributed by atoms with Crippen LogP contribution in [0.15, 0.2) is 54.6 Å². The number of unbranched alkanes of at least 4 members (excludes halogenated alkanes) is 4. The molecule has 4 rings (SSSR count). The van der Waals surface area contributed by atoms with Gasteiger partial charge in [-0.3, -0.25) is 14.4 Å². The molecule has 2 saturated heterocycles. The van der Waals surface area contributed by atoms with E-state index in [0.29, 0.717) is 39.0 Å². The van der Waals surface area contributed by atoms with Crippen molar-refractivity contribution in [3.63, 3.8) is 0 Å². The zero-order valence-corrected chi connectivity index (χ0v) is 22.2. The molecule has 1 N–H and O–H groups in total. The number of carbonyl (C=O) groups excluding carboxylic acids is 3. The molecule has 2 aromatic carbocycles. The zero-order valence-electron chi connectivity index (χ0n) is 22.2. The molecule has 2 heterocycles. The highest BCUT2D eigenvalue weighted by atomic mass is 16.2. The molecule has 7 heteroatoms. The monoisotopic (exact) mass is 504 g/mol. The van der Waals surface area contributed by atoms with Crippen LogP contribution in [0, 0.1) is 6.92 Å². The normalized spacial score (nSPS) is 16.9. The molecule has 0 radical (unpaired) electrons. The molecule has 1 spiro atoms. The van der Waals surface area contributed by atoms with Gasteiger partial charge < -0.3 is 20.0 Å². The predicted octanol–water partition coefficient (Wildman–Crippen LogP) is 4.96. The van der Waals surface area contributed by atoms with Crippen molar-refractivity contribution >= 4 is 29.1 Å². The summed E-state index contributed by atoms with van der Waals surface area (Å²) in [5.74, 6) is -0.0441. The number of aryl methyl sites for hydroxylation is 1. The number of para-hydroxylation sites is 1. The largest absolute Gasteiger partial charge is 0.342 e. The van der Waals surface area contributed by atoms with Crippen LogP contribution in [-0.2, 0) is 14.4 Å². The van der Waals surface area contributed by atoms with Crippen LogP contribution >= 0.6 is 0 Å². The van der Waals surface area contributed by atoms with E-state index in [0.717, 1.165) is 29.8 Å². The summed E-state index contributed by atoms with van der Waals surface area (Å²) >= 11 is 0. The number of anilines is 2. The summed E-state index contributed by atoms with van der Waals surface area (Å²) in [4.78, 5) is 45.2. The number of nitrogens with one attached hydrogen (secondary N) is 1. The van der Waals surface area contributed by atoms with Crippen molar-refractivity contribution in [2.24, 2.45) is 0 Å². The Hall–Kier alpha value is -3.35. The van der Waals surface area contributed by atoms with Gasteiger partial charge in [0.15, 0.2) is 0 Å². The molecule has 0 bridgehead atoms. The number of likely N-dealkylation sites (tertiary alicyclic amines) is 1. The van der Waals surface area contributed by atoms with Gasteiger partial charge in [-0.05, 0) is 50.5 Å². The Bertz CT molecular complexity index is 1060. The lowest BCUT2D eigenvalue weighted by Crippen LogP contribution is -2.57. The Morgan fingerprint density at radius 3 is 2.27 bits per heavy atom. The van der Waals surface area contributed by atoms with Crippen molar-refractivity contribution < 1.29 is 14.4 Å². The topological polar surface area (TPSA) is 73.0 Å². The predicted molar refractivity (Wildman–Crippen MR) is 147 cm³/mol. The molecule has 0 aliphatic carbocycles. The highest BCUT2D eigenvalue weighted by Crippen LogP contribution is 2.39. The van der Waals surface area contributed by atoms with Crippen LogP contribution in [0.3, 0.4) is 0 Å². The number of piperidine rings is 1. The van der Waals surface area contributed by atoms with Gasteiger partial charge in [0.25, 0.3) is 5.91 Å². The van der Waals surface area contributed by atoms with E-state index in [-0.39, 0.29) is 24.3 Å². The van der Waals surface area contributed by atoms with Gasteiger partial charge in [-0.1, -0.05) is 68.5 Å². The van der Waals surface area contributed by atoms with Gasteiger partial charge in [-0.25, -0.2) is 0 Å². The van der Waals surface area contributed by atoms with Gasteiger partial charge in [0, 0.05) is 30.9 Å². The van der Waals surface area contributed by atoms with Crippen molar-refractivity contribution in [1.82, 2.24) is 9.80 Å². The summed E-state index contributed by atoms with van der Waals surface area (Å²) < 4.78 is 0. The number of carbonyl (C=O) groups is 3. The van der Waals surface area contributed by atoms with E-state index in [4.69, 9.17) is 0 Å². The number of hydrogen-bond donors (Lipinski definition) is 1. The van der Waals surface area contributed by atoms with E-state index < -0.39 is 5.54 Å². The average molecular weight is 505 g/mol. The van der Waals surface area contributed by atoms with Gasteiger partial charge in [-0.15, -0.1) is 0 Å². The second-order valence-corrected chi connectivity index (χ2v) is 10.4. The van der Waals surface area contributed by atoms with Gasteiger partial charge in [0.05, 0.1) is 6.67 Å². The van der Waals surface area contributed by atoms with Gasteiger partial charge in [0.1, 0.15) is 12.1 Å². The highest BCUT2D eigenvalue weighted by Gasteiger charge is 2.54. The second kappa shape index (κ2) is 12.3. The standard InChI is InChI=1S/C30H40N4O3/c1-3-4-5-6-10-13-28(36)32-20-18-30(19-21-32)29(37)33(23-34(30)26-11-8-7-9-12-26)22-27(35)31-25-16-14-24(2)15-17-25/h7-9,11-12,14-17H,3-6,10,13,18-23H2,1-2H3,(H,31,35). The van der Waals surface area contributed by atoms with Crippen molar-refractivity contribution in [3.8, 4) is 0 Å². The van der Waals surface area contributed by atoms with E-state index in [1.54, 1.807) is 4.90 Å². The van der Waals surface area contributed by atoms with E-state index in [2.05, 4.69) is 17.1 Å². The molecule has 0 unspecified atom stereocenters. The maximum Gasteiger partial charge on any atom is 0.250 e.